The Balaban J connectivity index is 2.07. The van der Waals surface area contributed by atoms with E-state index in [1.807, 2.05) is 6.92 Å². The van der Waals surface area contributed by atoms with E-state index in [1.165, 1.54) is 0 Å². The lowest BCUT2D eigenvalue weighted by atomic mass is 9.71. The molecule has 0 aliphatic heterocycles. The molecule has 0 bridgehead atoms. The summed E-state index contributed by atoms with van der Waals surface area (Å²) in [6.45, 7) is 1.77. The number of nitrogens with one attached hydrogen (secondary N) is 1. The smallest absolute Gasteiger partial charge is 0.226 e. The van der Waals surface area contributed by atoms with Gasteiger partial charge in [0.1, 0.15) is 5.82 Å². The molecule has 2 nitrogen and oxygen atoms in total. The molecular weight excluding hydrogens is 279 g/mol. The predicted octanol–water partition coefficient (Wildman–Crippen LogP) is 4.08. The van der Waals surface area contributed by atoms with Crippen LogP contribution in [-0.4, -0.2) is 5.91 Å². The number of carbonyl (C=O) groups is 1. The van der Waals surface area contributed by atoms with Crippen molar-refractivity contribution in [1.29, 1.82) is 0 Å². The van der Waals surface area contributed by atoms with Crippen molar-refractivity contribution in [2.75, 3.05) is 0 Å². The number of carbonyl (C=O) groups excluding carboxylic acids is 1. The van der Waals surface area contributed by atoms with Crippen LogP contribution in [0.5, 0.6) is 0 Å². The molecule has 1 aliphatic carbocycles. The van der Waals surface area contributed by atoms with Gasteiger partial charge in [-0.3, -0.25) is 4.79 Å². The summed E-state index contributed by atoms with van der Waals surface area (Å²) in [6, 6.07) is 1.41. The van der Waals surface area contributed by atoms with Gasteiger partial charge in [-0.05, 0) is 25.3 Å². The minimum absolute atomic E-state index is 0.145. The number of hydrogen-bond donors (Lipinski definition) is 1. The van der Waals surface area contributed by atoms with Crippen molar-refractivity contribution in [2.24, 2.45) is 5.41 Å². The molecule has 1 amide bonds. The molecular formula is C16H20F3NO. The van der Waals surface area contributed by atoms with Gasteiger partial charge in [0.15, 0.2) is 11.6 Å². The third-order valence-electron chi connectivity index (χ3n) is 4.48. The summed E-state index contributed by atoms with van der Waals surface area (Å²) in [6.07, 6.45) is 5.48. The molecule has 0 atom stereocenters. The molecule has 0 radical (unpaired) electrons. The van der Waals surface area contributed by atoms with E-state index in [1.54, 1.807) is 0 Å². The monoisotopic (exact) mass is 299 g/mol. The SMILES string of the molecule is CCC1(C(=O)NCc2cc(F)cc(F)c2F)CCCCC1. The van der Waals surface area contributed by atoms with Gasteiger partial charge >= 0.3 is 0 Å². The molecule has 116 valence electrons. The van der Waals surface area contributed by atoms with Crippen molar-refractivity contribution < 1.29 is 18.0 Å². The van der Waals surface area contributed by atoms with Gasteiger partial charge < -0.3 is 5.32 Å². The van der Waals surface area contributed by atoms with Crippen LogP contribution < -0.4 is 5.32 Å². The highest BCUT2D eigenvalue weighted by Crippen LogP contribution is 2.39. The molecule has 1 saturated carbocycles. The molecule has 1 N–H and O–H groups in total. The molecule has 0 aromatic heterocycles. The van der Waals surface area contributed by atoms with E-state index in [0.717, 1.165) is 44.6 Å². The number of rotatable bonds is 4. The maximum Gasteiger partial charge on any atom is 0.226 e. The molecule has 1 fully saturated rings. The van der Waals surface area contributed by atoms with E-state index in [4.69, 9.17) is 0 Å². The van der Waals surface area contributed by atoms with Crippen LogP contribution in [0.3, 0.4) is 0 Å². The molecule has 1 aromatic carbocycles. The van der Waals surface area contributed by atoms with Crippen molar-refractivity contribution in [3.05, 3.63) is 35.1 Å². The molecule has 5 heteroatoms. The van der Waals surface area contributed by atoms with Crippen molar-refractivity contribution in [1.82, 2.24) is 5.32 Å². The van der Waals surface area contributed by atoms with Crippen LogP contribution in [0.4, 0.5) is 13.2 Å². The van der Waals surface area contributed by atoms with Crippen LogP contribution in [0.25, 0.3) is 0 Å². The summed E-state index contributed by atoms with van der Waals surface area (Å²) < 4.78 is 39.8. The first-order valence-electron chi connectivity index (χ1n) is 7.40. The molecule has 21 heavy (non-hydrogen) atoms. The first-order valence-corrected chi connectivity index (χ1v) is 7.40. The van der Waals surface area contributed by atoms with Gasteiger partial charge in [0, 0.05) is 23.6 Å². The summed E-state index contributed by atoms with van der Waals surface area (Å²) in [5.41, 5.74) is -0.580. The highest BCUT2D eigenvalue weighted by molar-refractivity contribution is 5.82. The van der Waals surface area contributed by atoms with E-state index < -0.39 is 22.9 Å². The lowest BCUT2D eigenvalue weighted by molar-refractivity contribution is -0.133. The minimum Gasteiger partial charge on any atom is -0.351 e. The number of benzene rings is 1. The summed E-state index contributed by atoms with van der Waals surface area (Å²) in [7, 11) is 0. The molecule has 0 heterocycles. The minimum atomic E-state index is -1.23. The van der Waals surface area contributed by atoms with Crippen LogP contribution in [0, 0.1) is 22.9 Å². The fourth-order valence-electron chi connectivity index (χ4n) is 3.07. The van der Waals surface area contributed by atoms with Gasteiger partial charge in [-0.15, -0.1) is 0 Å². The average Bonchev–Trinajstić information content (AvgIpc) is 2.49. The van der Waals surface area contributed by atoms with Crippen molar-refractivity contribution in [3.8, 4) is 0 Å². The van der Waals surface area contributed by atoms with Gasteiger partial charge in [-0.2, -0.15) is 0 Å². The first-order chi connectivity index (χ1) is 9.98. The lowest BCUT2D eigenvalue weighted by Crippen LogP contribution is -2.41. The zero-order valence-electron chi connectivity index (χ0n) is 12.1. The molecule has 2 rings (SSSR count). The van der Waals surface area contributed by atoms with Gasteiger partial charge in [-0.1, -0.05) is 26.2 Å². The van der Waals surface area contributed by atoms with Gasteiger partial charge in [0.25, 0.3) is 0 Å². The van der Waals surface area contributed by atoms with Crippen molar-refractivity contribution in [2.45, 2.75) is 52.0 Å². The van der Waals surface area contributed by atoms with Gasteiger partial charge in [-0.25, -0.2) is 13.2 Å². The third-order valence-corrected chi connectivity index (χ3v) is 4.48. The highest BCUT2D eigenvalue weighted by atomic mass is 19.2. The summed E-state index contributed by atoms with van der Waals surface area (Å²) in [4.78, 5) is 12.4. The quantitative estimate of drug-likeness (QED) is 0.834. The van der Waals surface area contributed by atoms with E-state index in [-0.39, 0.29) is 18.0 Å². The van der Waals surface area contributed by atoms with Crippen LogP contribution in [-0.2, 0) is 11.3 Å². The van der Waals surface area contributed by atoms with E-state index in [9.17, 15) is 18.0 Å². The predicted molar refractivity (Wildman–Crippen MR) is 74.0 cm³/mol. The number of hydrogen-bond acceptors (Lipinski definition) is 1. The summed E-state index contributed by atoms with van der Waals surface area (Å²) in [5.74, 6) is -3.33. The standard InChI is InChI=1S/C16H20F3NO/c1-2-16(6-4-3-5-7-16)15(21)20-10-11-8-12(17)9-13(18)14(11)19/h8-9H,2-7,10H2,1H3,(H,20,21). The van der Waals surface area contributed by atoms with E-state index >= 15 is 0 Å². The second-order valence-electron chi connectivity index (χ2n) is 5.74. The summed E-state index contributed by atoms with van der Waals surface area (Å²) >= 11 is 0. The Kier molecular flexibility index (Phi) is 4.91. The average molecular weight is 299 g/mol. The van der Waals surface area contributed by atoms with E-state index in [0.29, 0.717) is 6.07 Å². The fourth-order valence-corrected chi connectivity index (χ4v) is 3.07. The zero-order chi connectivity index (χ0) is 15.5. The molecule has 0 spiro atoms. The van der Waals surface area contributed by atoms with E-state index in [2.05, 4.69) is 5.32 Å². The molecule has 0 unspecified atom stereocenters. The van der Waals surface area contributed by atoms with Crippen LogP contribution in [0.1, 0.15) is 51.0 Å². The van der Waals surface area contributed by atoms with Gasteiger partial charge in [0.2, 0.25) is 5.91 Å². The second kappa shape index (κ2) is 6.50. The zero-order valence-corrected chi connectivity index (χ0v) is 12.1. The number of halogens is 3. The Hall–Kier alpha value is -1.52. The van der Waals surface area contributed by atoms with Gasteiger partial charge in [0.05, 0.1) is 0 Å². The third kappa shape index (κ3) is 3.39. The Bertz CT molecular complexity index is 524. The topological polar surface area (TPSA) is 29.1 Å². The Morgan fingerprint density at radius 2 is 1.86 bits per heavy atom. The molecule has 0 saturated heterocycles. The largest absolute Gasteiger partial charge is 0.351 e. The molecule has 1 aliphatic rings. The fraction of sp³-hybridized carbons (Fsp3) is 0.562. The summed E-state index contributed by atoms with van der Waals surface area (Å²) in [5, 5.41) is 2.64. The Labute approximate surface area is 122 Å². The Morgan fingerprint density at radius 1 is 1.19 bits per heavy atom. The van der Waals surface area contributed by atoms with Crippen LogP contribution >= 0.6 is 0 Å². The van der Waals surface area contributed by atoms with Crippen LogP contribution in [0.2, 0.25) is 0 Å². The number of amides is 1. The Morgan fingerprint density at radius 3 is 2.48 bits per heavy atom. The normalized spacial score (nSPS) is 17.5. The maximum atomic E-state index is 13.6. The lowest BCUT2D eigenvalue weighted by Gasteiger charge is -2.35. The maximum absolute atomic E-state index is 13.6. The van der Waals surface area contributed by atoms with Crippen molar-refractivity contribution >= 4 is 5.91 Å². The van der Waals surface area contributed by atoms with Crippen LogP contribution in [0.15, 0.2) is 12.1 Å². The van der Waals surface area contributed by atoms with Crippen molar-refractivity contribution in [3.63, 3.8) is 0 Å². The second-order valence-corrected chi connectivity index (χ2v) is 5.74. The molecule has 1 aromatic rings. The highest BCUT2D eigenvalue weighted by Gasteiger charge is 2.37. The first kappa shape index (κ1) is 15.9.